The van der Waals surface area contributed by atoms with E-state index in [2.05, 4.69) is 10.6 Å². The second-order valence-electron chi connectivity index (χ2n) is 5.57. The molecule has 0 aliphatic rings. The minimum Gasteiger partial charge on any atom is -0.459 e. The zero-order chi connectivity index (χ0) is 19.1. The Bertz CT molecular complexity index is 931. The summed E-state index contributed by atoms with van der Waals surface area (Å²) in [4.78, 5) is 25.4. The summed E-state index contributed by atoms with van der Waals surface area (Å²) in [5, 5.41) is 5.33. The number of rotatable bonds is 7. The van der Waals surface area contributed by atoms with E-state index in [-0.39, 0.29) is 23.4 Å². The predicted molar refractivity (Wildman–Crippen MR) is 103 cm³/mol. The normalized spacial score (nSPS) is 10.9. The summed E-state index contributed by atoms with van der Waals surface area (Å²) in [5.41, 5.74) is 0.929. The fourth-order valence-corrected chi connectivity index (χ4v) is 3.20. The molecule has 0 atom stereocenters. The lowest BCUT2D eigenvalue weighted by Gasteiger charge is -2.03. The maximum absolute atomic E-state index is 13.0. The van der Waals surface area contributed by atoms with Crippen LogP contribution >= 0.6 is 11.3 Å². The lowest BCUT2D eigenvalue weighted by atomic mass is 10.2. The number of furan rings is 1. The molecule has 0 aliphatic carbocycles. The number of hydrogen-bond donors (Lipinski definition) is 2. The summed E-state index contributed by atoms with van der Waals surface area (Å²) in [6.07, 6.45) is 4.58. The molecule has 7 heteroatoms. The number of amides is 2. The molecule has 5 nitrogen and oxygen atoms in total. The Hall–Kier alpha value is -3.19. The fourth-order valence-electron chi connectivity index (χ4n) is 2.29. The quantitative estimate of drug-likeness (QED) is 0.482. The molecule has 0 saturated heterocycles. The van der Waals surface area contributed by atoms with Crippen molar-refractivity contribution in [2.75, 3.05) is 13.1 Å². The van der Waals surface area contributed by atoms with Gasteiger partial charge in [0, 0.05) is 28.9 Å². The molecule has 138 valence electrons. The van der Waals surface area contributed by atoms with Gasteiger partial charge in [0.15, 0.2) is 5.76 Å². The Morgan fingerprint density at radius 3 is 2.56 bits per heavy atom. The summed E-state index contributed by atoms with van der Waals surface area (Å²) in [6.45, 7) is 0.605. The van der Waals surface area contributed by atoms with Crippen molar-refractivity contribution in [1.82, 2.24) is 10.6 Å². The third kappa shape index (κ3) is 5.39. The summed E-state index contributed by atoms with van der Waals surface area (Å²) in [7, 11) is 0. The van der Waals surface area contributed by atoms with E-state index in [1.807, 2.05) is 12.1 Å². The third-order valence-electron chi connectivity index (χ3n) is 3.61. The van der Waals surface area contributed by atoms with Gasteiger partial charge in [-0.2, -0.15) is 0 Å². The largest absolute Gasteiger partial charge is 0.459 e. The molecule has 0 fully saturated rings. The lowest BCUT2D eigenvalue weighted by molar-refractivity contribution is -0.116. The number of carbonyl (C=O) groups is 2. The lowest BCUT2D eigenvalue weighted by Crippen LogP contribution is -2.33. The first-order valence-corrected chi connectivity index (χ1v) is 9.07. The maximum Gasteiger partial charge on any atom is 0.287 e. The van der Waals surface area contributed by atoms with Gasteiger partial charge in [-0.3, -0.25) is 9.59 Å². The van der Waals surface area contributed by atoms with Crippen LogP contribution in [0.25, 0.3) is 16.5 Å². The molecule has 3 aromatic rings. The van der Waals surface area contributed by atoms with Crippen LogP contribution in [0.4, 0.5) is 4.39 Å². The Morgan fingerprint density at radius 1 is 1.04 bits per heavy atom. The summed E-state index contributed by atoms with van der Waals surface area (Å²) < 4.78 is 18.0. The van der Waals surface area contributed by atoms with Crippen LogP contribution in [-0.4, -0.2) is 24.9 Å². The summed E-state index contributed by atoms with van der Waals surface area (Å²) >= 11 is 1.51. The number of halogens is 1. The van der Waals surface area contributed by atoms with Gasteiger partial charge in [-0.05, 0) is 48.0 Å². The fraction of sp³-hybridized carbons (Fsp3) is 0.100. The number of hydrogen-bond acceptors (Lipinski definition) is 4. The molecule has 0 saturated carbocycles. The van der Waals surface area contributed by atoms with Crippen molar-refractivity contribution in [1.29, 1.82) is 0 Å². The number of benzene rings is 1. The van der Waals surface area contributed by atoms with Crippen LogP contribution in [-0.2, 0) is 4.79 Å². The molecular formula is C20H17FN2O3S. The predicted octanol–water partition coefficient (Wildman–Crippen LogP) is 3.71. The first-order valence-electron chi connectivity index (χ1n) is 8.25. The van der Waals surface area contributed by atoms with Gasteiger partial charge in [0.05, 0.1) is 6.26 Å². The highest BCUT2D eigenvalue weighted by Gasteiger charge is 2.07. The summed E-state index contributed by atoms with van der Waals surface area (Å²) in [6, 6.07) is 13.3. The van der Waals surface area contributed by atoms with Crippen molar-refractivity contribution in [3.63, 3.8) is 0 Å². The van der Waals surface area contributed by atoms with Crippen molar-refractivity contribution in [3.8, 4) is 10.4 Å². The number of thiophene rings is 1. The SMILES string of the molecule is O=C(/C=C/c1ccc(-c2ccc(F)cc2)s1)NCCNC(=O)c1ccco1. The molecule has 2 aromatic heterocycles. The minimum atomic E-state index is -0.323. The average Bonchev–Trinajstić information content (AvgIpc) is 3.36. The van der Waals surface area contributed by atoms with Crippen molar-refractivity contribution in [3.05, 3.63) is 77.3 Å². The van der Waals surface area contributed by atoms with E-state index in [1.54, 1.807) is 30.3 Å². The highest BCUT2D eigenvalue weighted by Crippen LogP contribution is 2.28. The van der Waals surface area contributed by atoms with E-state index in [9.17, 15) is 14.0 Å². The smallest absolute Gasteiger partial charge is 0.287 e. The Balaban J connectivity index is 1.43. The molecule has 0 radical (unpaired) electrons. The van der Waals surface area contributed by atoms with E-state index < -0.39 is 0 Å². The highest BCUT2D eigenvalue weighted by atomic mass is 32.1. The van der Waals surface area contributed by atoms with Crippen molar-refractivity contribution in [2.45, 2.75) is 0 Å². The van der Waals surface area contributed by atoms with Gasteiger partial charge in [0.25, 0.3) is 5.91 Å². The molecule has 3 rings (SSSR count). The molecule has 1 aromatic carbocycles. The Labute approximate surface area is 159 Å². The standard InChI is InChI=1S/C20H17FN2O3S/c21-15-5-3-14(4-6-15)18-9-7-16(27-18)8-10-19(24)22-11-12-23-20(25)17-2-1-13-26-17/h1-10,13H,11-12H2,(H,22,24)(H,23,25)/b10-8+. The monoisotopic (exact) mass is 384 g/mol. The number of carbonyl (C=O) groups excluding carboxylic acids is 2. The first kappa shape index (κ1) is 18.6. The van der Waals surface area contributed by atoms with E-state index >= 15 is 0 Å². The van der Waals surface area contributed by atoms with Crippen molar-refractivity contribution < 1.29 is 18.4 Å². The second kappa shape index (κ2) is 8.95. The Kier molecular flexibility index (Phi) is 6.17. The highest BCUT2D eigenvalue weighted by molar-refractivity contribution is 7.16. The average molecular weight is 384 g/mol. The van der Waals surface area contributed by atoms with Gasteiger partial charge in [-0.25, -0.2) is 4.39 Å². The molecule has 2 heterocycles. The summed E-state index contributed by atoms with van der Waals surface area (Å²) in [5.74, 6) is -0.612. The van der Waals surface area contributed by atoms with E-state index in [1.165, 1.54) is 35.8 Å². The van der Waals surface area contributed by atoms with Crippen molar-refractivity contribution in [2.24, 2.45) is 0 Å². The minimum absolute atomic E-state index is 0.232. The molecule has 27 heavy (non-hydrogen) atoms. The topological polar surface area (TPSA) is 71.3 Å². The Morgan fingerprint density at radius 2 is 1.81 bits per heavy atom. The molecule has 2 amide bonds. The van der Waals surface area contributed by atoms with Gasteiger partial charge in [0.2, 0.25) is 5.91 Å². The number of nitrogens with one attached hydrogen (secondary N) is 2. The van der Waals surface area contributed by atoms with Gasteiger partial charge < -0.3 is 15.1 Å². The van der Waals surface area contributed by atoms with E-state index in [4.69, 9.17) is 4.42 Å². The zero-order valence-corrected chi connectivity index (χ0v) is 15.1. The van der Waals surface area contributed by atoms with E-state index in [0.29, 0.717) is 13.1 Å². The molecule has 2 N–H and O–H groups in total. The molecule has 0 unspecified atom stereocenters. The van der Waals surface area contributed by atoms with Crippen LogP contribution in [0, 0.1) is 5.82 Å². The van der Waals surface area contributed by atoms with Crippen LogP contribution in [0.15, 0.2) is 65.3 Å². The van der Waals surface area contributed by atoms with Gasteiger partial charge >= 0.3 is 0 Å². The van der Waals surface area contributed by atoms with Gasteiger partial charge in [-0.15, -0.1) is 11.3 Å². The third-order valence-corrected chi connectivity index (χ3v) is 4.71. The van der Waals surface area contributed by atoms with Crippen LogP contribution in [0.3, 0.4) is 0 Å². The van der Waals surface area contributed by atoms with Crippen molar-refractivity contribution >= 4 is 29.2 Å². The maximum atomic E-state index is 13.0. The molecule has 0 aliphatic heterocycles. The van der Waals surface area contributed by atoms with Crippen LogP contribution < -0.4 is 10.6 Å². The van der Waals surface area contributed by atoms with Gasteiger partial charge in [0.1, 0.15) is 5.82 Å². The van der Waals surface area contributed by atoms with Crippen LogP contribution in [0.5, 0.6) is 0 Å². The molecule has 0 spiro atoms. The van der Waals surface area contributed by atoms with Crippen LogP contribution in [0.2, 0.25) is 0 Å². The van der Waals surface area contributed by atoms with E-state index in [0.717, 1.165) is 15.3 Å². The first-order chi connectivity index (χ1) is 13.1. The second-order valence-corrected chi connectivity index (χ2v) is 6.68. The van der Waals surface area contributed by atoms with Gasteiger partial charge in [-0.1, -0.05) is 12.1 Å². The van der Waals surface area contributed by atoms with Crippen LogP contribution in [0.1, 0.15) is 15.4 Å². The zero-order valence-electron chi connectivity index (χ0n) is 14.3. The molecular weight excluding hydrogens is 367 g/mol. The molecule has 0 bridgehead atoms.